The van der Waals surface area contributed by atoms with Gasteiger partial charge in [0.2, 0.25) is 0 Å². The molecule has 31 heavy (non-hydrogen) atoms. The maximum absolute atomic E-state index is 4.93. The molecule has 0 saturated carbocycles. The first-order valence-corrected chi connectivity index (χ1v) is 18.0. The molecule has 0 radical (unpaired) electrons. The molecular formula is C28H46Cl2Zr. The second kappa shape index (κ2) is 13.8. The molecule has 0 bridgehead atoms. The molecular weight excluding hydrogens is 498 g/mol. The second-order valence-electron chi connectivity index (χ2n) is 10.2. The second-order valence-corrected chi connectivity index (χ2v) is 14.0. The number of hydrogen-bond donors (Lipinski definition) is 0. The van der Waals surface area contributed by atoms with Crippen molar-refractivity contribution in [3.05, 3.63) is 57.6 Å². The summed E-state index contributed by atoms with van der Waals surface area (Å²) in [6.45, 7) is 27.6. The van der Waals surface area contributed by atoms with Crippen molar-refractivity contribution in [1.82, 2.24) is 0 Å². The molecule has 0 fully saturated rings. The molecule has 0 N–H and O–H groups in total. The number of aryl methyl sites for hydroxylation is 2. The van der Waals surface area contributed by atoms with E-state index in [0.29, 0.717) is 10.8 Å². The van der Waals surface area contributed by atoms with E-state index in [-0.39, 0.29) is 0 Å². The molecule has 3 heteroatoms. The van der Waals surface area contributed by atoms with Crippen LogP contribution in [0.4, 0.5) is 0 Å². The van der Waals surface area contributed by atoms with Gasteiger partial charge >= 0.3 is 37.9 Å². The van der Waals surface area contributed by atoms with E-state index in [1.54, 1.807) is 0 Å². The Hall–Kier alpha value is 0.163. The van der Waals surface area contributed by atoms with Crippen LogP contribution >= 0.6 is 17.0 Å². The Morgan fingerprint density at radius 2 is 1.03 bits per heavy atom. The molecule has 2 aromatic rings. The molecule has 0 aliphatic carbocycles. The normalized spacial score (nSPS) is 13.4. The standard InChI is InChI=1S/2C14H23.2ClH.Zr/c2*1-7-11(3)14(5,6)13-9-8-10(2)12(13)4;;;/h2*8-9,11H,7H2,1-6H3;2*1H;/q2*-1;;;+4/p-2. The Kier molecular flexibility index (Phi) is 13.8. The van der Waals surface area contributed by atoms with Gasteiger partial charge < -0.3 is 0 Å². The van der Waals surface area contributed by atoms with E-state index in [9.17, 15) is 0 Å². The van der Waals surface area contributed by atoms with Crippen LogP contribution in [0.5, 0.6) is 0 Å². The van der Waals surface area contributed by atoms with Crippen molar-refractivity contribution in [2.24, 2.45) is 11.8 Å². The van der Waals surface area contributed by atoms with E-state index in [4.69, 9.17) is 17.0 Å². The Morgan fingerprint density at radius 1 is 0.774 bits per heavy atom. The van der Waals surface area contributed by atoms with E-state index in [1.165, 1.54) is 46.2 Å². The van der Waals surface area contributed by atoms with Gasteiger partial charge in [-0.2, -0.15) is 45.5 Å². The Bertz CT molecular complexity index is 700. The first kappa shape index (κ1) is 31.2. The first-order chi connectivity index (χ1) is 14.2. The molecule has 2 rings (SSSR count). The van der Waals surface area contributed by atoms with Crippen LogP contribution in [0.1, 0.15) is 102 Å². The zero-order valence-corrected chi connectivity index (χ0v) is 26.1. The summed E-state index contributed by atoms with van der Waals surface area (Å²) in [5.41, 5.74) is 9.51. The molecule has 0 amide bonds. The fourth-order valence-corrected chi connectivity index (χ4v) is 4.29. The van der Waals surface area contributed by atoms with Gasteiger partial charge in [0.25, 0.3) is 0 Å². The van der Waals surface area contributed by atoms with Gasteiger partial charge in [0.15, 0.2) is 0 Å². The van der Waals surface area contributed by atoms with Crippen molar-refractivity contribution in [1.29, 1.82) is 0 Å². The third-order valence-corrected chi connectivity index (χ3v) is 8.07. The summed E-state index contributed by atoms with van der Waals surface area (Å²) in [6.07, 6.45) is 2.49. The average Bonchev–Trinajstić information content (AvgIpc) is 3.23. The molecule has 0 spiro atoms. The van der Waals surface area contributed by atoms with Gasteiger partial charge in [0.1, 0.15) is 0 Å². The molecule has 0 aromatic heterocycles. The zero-order chi connectivity index (χ0) is 24.6. The predicted octanol–water partition coefficient (Wildman–Crippen LogP) is 10.1. The molecule has 2 aromatic carbocycles. The van der Waals surface area contributed by atoms with Crippen molar-refractivity contribution in [2.75, 3.05) is 0 Å². The fourth-order valence-electron chi connectivity index (χ4n) is 4.29. The predicted molar refractivity (Wildman–Crippen MR) is 140 cm³/mol. The molecule has 0 nitrogen and oxygen atoms in total. The van der Waals surface area contributed by atoms with E-state index < -0.39 is 20.8 Å². The van der Waals surface area contributed by atoms with Crippen molar-refractivity contribution in [3.8, 4) is 0 Å². The minimum absolute atomic E-state index is 0.313. The Morgan fingerprint density at radius 3 is 1.19 bits per heavy atom. The van der Waals surface area contributed by atoms with Crippen molar-refractivity contribution in [3.63, 3.8) is 0 Å². The van der Waals surface area contributed by atoms with Crippen molar-refractivity contribution in [2.45, 2.75) is 107 Å². The minimum atomic E-state index is -0.826. The molecule has 0 heterocycles. The topological polar surface area (TPSA) is 0 Å². The SMILES string of the molecule is CCC(C)C(C)(C)c1cc[c-](C)c1C.CCC(C)C(C)(C)c1cc[c-](C)c1C.[Cl][Zr+2][Cl]. The monoisotopic (exact) mass is 542 g/mol. The molecule has 2 atom stereocenters. The Labute approximate surface area is 212 Å². The Balaban J connectivity index is 0.000000516. The summed E-state index contributed by atoms with van der Waals surface area (Å²) < 4.78 is 0. The molecule has 0 aliphatic rings. The molecule has 0 aliphatic heterocycles. The molecule has 176 valence electrons. The van der Waals surface area contributed by atoms with E-state index in [1.807, 2.05) is 0 Å². The number of hydrogen-bond acceptors (Lipinski definition) is 0. The summed E-state index contributed by atoms with van der Waals surface area (Å²) in [7, 11) is 9.87. The summed E-state index contributed by atoms with van der Waals surface area (Å²) in [4.78, 5) is 0. The van der Waals surface area contributed by atoms with Crippen molar-refractivity contribution >= 4 is 17.0 Å². The summed E-state index contributed by atoms with van der Waals surface area (Å²) in [6, 6.07) is 9.09. The summed E-state index contributed by atoms with van der Waals surface area (Å²) >= 11 is -0.826. The van der Waals surface area contributed by atoms with Crippen LogP contribution in [-0.4, -0.2) is 0 Å². The van der Waals surface area contributed by atoms with Crippen molar-refractivity contribution < 1.29 is 20.8 Å². The van der Waals surface area contributed by atoms with E-state index in [2.05, 4.69) is 107 Å². The maximum atomic E-state index is 4.93. The number of halogens is 2. The van der Waals surface area contributed by atoms with Gasteiger partial charge in [0.05, 0.1) is 0 Å². The summed E-state index contributed by atoms with van der Waals surface area (Å²) in [5, 5.41) is 0. The van der Waals surface area contributed by atoms with Crippen LogP contribution < -0.4 is 0 Å². The zero-order valence-electron chi connectivity index (χ0n) is 22.1. The van der Waals surface area contributed by atoms with Gasteiger partial charge in [0, 0.05) is 0 Å². The van der Waals surface area contributed by atoms with E-state index in [0.717, 1.165) is 11.8 Å². The van der Waals surface area contributed by atoms with Crippen LogP contribution in [0.25, 0.3) is 0 Å². The van der Waals surface area contributed by atoms with Crippen LogP contribution in [0, 0.1) is 39.5 Å². The summed E-state index contributed by atoms with van der Waals surface area (Å²) in [5.74, 6) is 1.48. The van der Waals surface area contributed by atoms with Crippen LogP contribution in [0.3, 0.4) is 0 Å². The average molecular weight is 545 g/mol. The van der Waals surface area contributed by atoms with Gasteiger partial charge in [-0.1, -0.05) is 107 Å². The third kappa shape index (κ3) is 8.16. The third-order valence-electron chi connectivity index (χ3n) is 8.07. The van der Waals surface area contributed by atoms with E-state index >= 15 is 0 Å². The van der Waals surface area contributed by atoms with Gasteiger partial charge in [-0.15, -0.1) is 0 Å². The van der Waals surface area contributed by atoms with Crippen LogP contribution in [0.15, 0.2) is 24.3 Å². The van der Waals surface area contributed by atoms with Crippen LogP contribution in [-0.2, 0) is 31.7 Å². The fraction of sp³-hybridized carbons (Fsp3) is 0.643. The first-order valence-electron chi connectivity index (χ1n) is 11.7. The van der Waals surface area contributed by atoms with Gasteiger partial charge in [-0.3, -0.25) is 0 Å². The van der Waals surface area contributed by atoms with Gasteiger partial charge in [-0.25, -0.2) is 12.1 Å². The van der Waals surface area contributed by atoms with Crippen LogP contribution in [0.2, 0.25) is 0 Å². The van der Waals surface area contributed by atoms with Gasteiger partial charge in [-0.05, 0) is 11.8 Å². The molecule has 2 unspecified atom stereocenters. The molecule has 0 saturated heterocycles. The quantitative estimate of drug-likeness (QED) is 0.317. The number of rotatable bonds is 6.